The maximum atomic E-state index is 12.0. The van der Waals surface area contributed by atoms with Gasteiger partial charge in [-0.1, -0.05) is 6.92 Å². The monoisotopic (exact) mass is 275 g/mol. The van der Waals surface area contributed by atoms with E-state index in [-0.39, 0.29) is 11.8 Å². The Morgan fingerprint density at radius 2 is 1.94 bits per heavy atom. The van der Waals surface area contributed by atoms with Gasteiger partial charge in [0.05, 0.1) is 5.75 Å². The maximum absolute atomic E-state index is 12.0. The quantitative estimate of drug-likeness (QED) is 0.642. The molecule has 106 valence electrons. The lowest BCUT2D eigenvalue weighted by Gasteiger charge is -2.44. The summed E-state index contributed by atoms with van der Waals surface area (Å²) in [6.07, 6.45) is 3.32. The van der Waals surface area contributed by atoms with Crippen molar-refractivity contribution in [1.29, 1.82) is 0 Å². The van der Waals surface area contributed by atoms with Gasteiger partial charge in [0.1, 0.15) is 0 Å². The van der Waals surface area contributed by atoms with Crippen LogP contribution in [0.5, 0.6) is 0 Å². The van der Waals surface area contributed by atoms with Crippen molar-refractivity contribution < 1.29 is 8.42 Å². The number of nitrogens with one attached hydrogen (secondary N) is 2. The Kier molecular flexibility index (Phi) is 5.00. The van der Waals surface area contributed by atoms with E-state index in [1.807, 2.05) is 0 Å². The van der Waals surface area contributed by atoms with Gasteiger partial charge < -0.3 is 10.2 Å². The van der Waals surface area contributed by atoms with Gasteiger partial charge in [-0.05, 0) is 44.8 Å². The molecule has 0 aromatic rings. The Hall–Kier alpha value is -0.170. The third-order valence-corrected chi connectivity index (χ3v) is 5.36. The van der Waals surface area contributed by atoms with Gasteiger partial charge in [-0.3, -0.25) is 0 Å². The molecule has 1 atom stereocenters. The Morgan fingerprint density at radius 3 is 2.50 bits per heavy atom. The number of hydrogen-bond donors (Lipinski definition) is 2. The van der Waals surface area contributed by atoms with Crippen LogP contribution in [0.4, 0.5) is 0 Å². The molecule has 0 spiro atoms. The minimum Gasteiger partial charge on any atom is -0.316 e. The molecule has 5 nitrogen and oxygen atoms in total. The summed E-state index contributed by atoms with van der Waals surface area (Å²) < 4.78 is 26.8. The molecule has 3 fully saturated rings. The Labute approximate surface area is 110 Å². The van der Waals surface area contributed by atoms with Gasteiger partial charge in [0.25, 0.3) is 0 Å². The van der Waals surface area contributed by atoms with Gasteiger partial charge in [-0.2, -0.15) is 0 Å². The molecule has 1 unspecified atom stereocenters. The van der Waals surface area contributed by atoms with Crippen LogP contribution in [0.25, 0.3) is 0 Å². The molecule has 3 aliphatic heterocycles. The average Bonchev–Trinajstić information content (AvgIpc) is 2.36. The number of fused-ring (bicyclic) bond motifs is 3. The summed E-state index contributed by atoms with van der Waals surface area (Å²) in [5.74, 6) is 0.740. The van der Waals surface area contributed by atoms with Crippen LogP contribution in [0.3, 0.4) is 0 Å². The zero-order chi connectivity index (χ0) is 13.0. The smallest absolute Gasteiger partial charge is 0.213 e. The summed E-state index contributed by atoms with van der Waals surface area (Å²) in [7, 11) is -3.12. The van der Waals surface area contributed by atoms with Crippen molar-refractivity contribution >= 4 is 10.0 Å². The summed E-state index contributed by atoms with van der Waals surface area (Å²) in [6.45, 7) is 6.68. The van der Waals surface area contributed by atoms with Crippen LogP contribution in [0.15, 0.2) is 0 Å². The molecule has 0 aromatic heterocycles. The molecule has 0 aromatic carbocycles. The molecule has 0 radical (unpaired) electrons. The topological polar surface area (TPSA) is 61.4 Å². The third-order valence-electron chi connectivity index (χ3n) is 3.96. The molecule has 3 saturated heterocycles. The zero-order valence-electron chi connectivity index (χ0n) is 11.2. The third kappa shape index (κ3) is 3.91. The van der Waals surface area contributed by atoms with Gasteiger partial charge in [0.15, 0.2) is 0 Å². The molecular formula is C12H25N3O2S. The van der Waals surface area contributed by atoms with E-state index in [4.69, 9.17) is 0 Å². The fraction of sp³-hybridized carbons (Fsp3) is 1.00. The standard InChI is InChI=1S/C12H25N3O2S/c1-2-5-13-6-9-18(16,17)14-12-10-15-7-3-11(12)4-8-15/h11-14H,2-10H2,1H3. The molecule has 0 amide bonds. The molecule has 2 N–H and O–H groups in total. The number of rotatable bonds is 7. The number of sulfonamides is 1. The van der Waals surface area contributed by atoms with Crippen LogP contribution >= 0.6 is 0 Å². The first-order valence-corrected chi connectivity index (χ1v) is 8.69. The first-order valence-electron chi connectivity index (χ1n) is 7.04. The lowest BCUT2D eigenvalue weighted by molar-refractivity contribution is 0.0827. The number of nitrogens with zero attached hydrogens (tertiary/aromatic N) is 1. The van der Waals surface area contributed by atoms with Crippen molar-refractivity contribution in [3.8, 4) is 0 Å². The molecule has 2 bridgehead atoms. The van der Waals surface area contributed by atoms with Gasteiger partial charge >= 0.3 is 0 Å². The van der Waals surface area contributed by atoms with Crippen LogP contribution < -0.4 is 10.0 Å². The molecular weight excluding hydrogens is 250 g/mol. The summed E-state index contributed by atoms with van der Waals surface area (Å²) in [5, 5.41) is 3.13. The second kappa shape index (κ2) is 6.32. The van der Waals surface area contributed by atoms with E-state index < -0.39 is 10.0 Å². The highest BCUT2D eigenvalue weighted by atomic mass is 32.2. The van der Waals surface area contributed by atoms with Crippen LogP contribution in [-0.2, 0) is 10.0 Å². The van der Waals surface area contributed by atoms with E-state index in [0.717, 1.165) is 45.4 Å². The zero-order valence-corrected chi connectivity index (χ0v) is 12.0. The molecule has 6 heteroatoms. The van der Waals surface area contributed by atoms with Crippen molar-refractivity contribution in [3.05, 3.63) is 0 Å². The maximum Gasteiger partial charge on any atom is 0.213 e. The van der Waals surface area contributed by atoms with Crippen molar-refractivity contribution in [2.24, 2.45) is 5.92 Å². The minimum atomic E-state index is -3.12. The Balaban J connectivity index is 1.77. The van der Waals surface area contributed by atoms with E-state index in [2.05, 4.69) is 21.9 Å². The summed E-state index contributed by atoms with van der Waals surface area (Å²) >= 11 is 0. The van der Waals surface area contributed by atoms with Crippen LogP contribution in [0, 0.1) is 5.92 Å². The second-order valence-electron chi connectivity index (χ2n) is 5.43. The lowest BCUT2D eigenvalue weighted by Crippen LogP contribution is -2.57. The summed E-state index contributed by atoms with van der Waals surface area (Å²) in [4.78, 5) is 2.36. The normalized spacial score (nSPS) is 31.7. The number of hydrogen-bond acceptors (Lipinski definition) is 4. The van der Waals surface area contributed by atoms with Crippen molar-refractivity contribution in [2.45, 2.75) is 32.2 Å². The highest BCUT2D eigenvalue weighted by molar-refractivity contribution is 7.89. The molecule has 3 rings (SSSR count). The Morgan fingerprint density at radius 1 is 1.22 bits per heavy atom. The summed E-state index contributed by atoms with van der Waals surface area (Å²) in [5.41, 5.74) is 0. The van der Waals surface area contributed by atoms with E-state index in [0.29, 0.717) is 12.5 Å². The van der Waals surface area contributed by atoms with Crippen molar-refractivity contribution in [3.63, 3.8) is 0 Å². The van der Waals surface area contributed by atoms with Gasteiger partial charge in [0, 0.05) is 19.1 Å². The Bertz CT molecular complexity index is 350. The first kappa shape index (κ1) is 14.2. The molecule has 3 heterocycles. The average molecular weight is 275 g/mol. The molecule has 0 aliphatic carbocycles. The van der Waals surface area contributed by atoms with E-state index in [9.17, 15) is 8.42 Å². The van der Waals surface area contributed by atoms with Crippen LogP contribution in [0.1, 0.15) is 26.2 Å². The largest absolute Gasteiger partial charge is 0.316 e. The second-order valence-corrected chi connectivity index (χ2v) is 7.30. The highest BCUT2D eigenvalue weighted by Crippen LogP contribution is 2.27. The van der Waals surface area contributed by atoms with Crippen LogP contribution in [0.2, 0.25) is 0 Å². The van der Waals surface area contributed by atoms with Crippen molar-refractivity contribution in [2.75, 3.05) is 38.5 Å². The fourth-order valence-electron chi connectivity index (χ4n) is 2.90. The molecule has 0 saturated carbocycles. The van der Waals surface area contributed by atoms with E-state index in [1.54, 1.807) is 0 Å². The van der Waals surface area contributed by atoms with E-state index >= 15 is 0 Å². The fourth-order valence-corrected chi connectivity index (χ4v) is 4.16. The van der Waals surface area contributed by atoms with Crippen molar-refractivity contribution in [1.82, 2.24) is 14.9 Å². The van der Waals surface area contributed by atoms with Gasteiger partial charge in [0.2, 0.25) is 10.0 Å². The lowest BCUT2D eigenvalue weighted by atomic mass is 9.85. The summed E-state index contributed by atoms with van der Waals surface area (Å²) in [6, 6.07) is 0.142. The predicted molar refractivity (Wildman–Crippen MR) is 73.0 cm³/mol. The van der Waals surface area contributed by atoms with E-state index in [1.165, 1.54) is 0 Å². The molecule has 3 aliphatic rings. The number of piperidine rings is 3. The van der Waals surface area contributed by atoms with Gasteiger partial charge in [-0.25, -0.2) is 13.1 Å². The SMILES string of the molecule is CCCNCCS(=O)(=O)NC1CN2CCC1CC2. The molecule has 18 heavy (non-hydrogen) atoms. The van der Waals surface area contributed by atoms with Crippen LogP contribution in [-0.4, -0.2) is 57.8 Å². The highest BCUT2D eigenvalue weighted by Gasteiger charge is 2.35. The first-order chi connectivity index (χ1) is 8.61. The van der Waals surface area contributed by atoms with Gasteiger partial charge in [-0.15, -0.1) is 0 Å². The minimum absolute atomic E-state index is 0.142. The predicted octanol–water partition coefficient (Wildman–Crippen LogP) is -0.000400.